The molecule has 0 atom stereocenters. The number of rotatable bonds is 10. The van der Waals surface area contributed by atoms with Gasteiger partial charge < -0.3 is 24.6 Å². The largest absolute Gasteiger partial charge is 0.497 e. The summed E-state index contributed by atoms with van der Waals surface area (Å²) in [4.78, 5) is 8.92. The van der Waals surface area contributed by atoms with Gasteiger partial charge in [-0.15, -0.1) is 0 Å². The molecule has 2 aromatic carbocycles. The van der Waals surface area contributed by atoms with Gasteiger partial charge in [-0.1, -0.05) is 12.1 Å². The Hall–Kier alpha value is -3.31. The summed E-state index contributed by atoms with van der Waals surface area (Å²) in [6.07, 6.45) is 1.46. The number of fused-ring (bicyclic) bond motifs is 1. The summed E-state index contributed by atoms with van der Waals surface area (Å²) in [6.45, 7) is 0.214. The van der Waals surface area contributed by atoms with E-state index < -0.39 is 10.0 Å². The molecule has 31 heavy (non-hydrogen) atoms. The lowest BCUT2D eigenvalue weighted by Crippen LogP contribution is -2.14. The number of benzene rings is 2. The number of nitrogens with zero attached hydrogens (tertiary/aromatic N) is 2. The number of hydrogen-bond donors (Lipinski definition) is 3. The molecule has 0 amide bonds. The van der Waals surface area contributed by atoms with Crippen LogP contribution in [0.4, 0.5) is 17.3 Å². The van der Waals surface area contributed by atoms with Crippen LogP contribution in [0.15, 0.2) is 36.4 Å². The van der Waals surface area contributed by atoms with Crippen molar-refractivity contribution >= 4 is 38.4 Å². The third kappa shape index (κ3) is 5.64. The van der Waals surface area contributed by atoms with Crippen molar-refractivity contribution in [2.45, 2.75) is 6.42 Å². The molecule has 0 aliphatic rings. The van der Waals surface area contributed by atoms with E-state index in [1.165, 1.54) is 14.2 Å². The first-order valence-electron chi connectivity index (χ1n) is 9.36. The summed E-state index contributed by atoms with van der Waals surface area (Å²) in [6, 6.07) is 10.4. The molecule has 0 spiro atoms. The molecule has 1 aromatic heterocycles. The van der Waals surface area contributed by atoms with Crippen LogP contribution in [0.1, 0.15) is 6.42 Å². The second-order valence-electron chi connectivity index (χ2n) is 6.54. The molecule has 0 fully saturated rings. The van der Waals surface area contributed by atoms with Gasteiger partial charge in [0.15, 0.2) is 23.1 Å². The van der Waals surface area contributed by atoms with Gasteiger partial charge in [0.05, 0.1) is 43.8 Å². The van der Waals surface area contributed by atoms with Gasteiger partial charge in [0.2, 0.25) is 10.0 Å². The van der Waals surface area contributed by atoms with Crippen LogP contribution in [-0.2, 0) is 10.0 Å². The Morgan fingerprint density at radius 2 is 1.71 bits per heavy atom. The Balaban J connectivity index is 2.12. The van der Waals surface area contributed by atoms with E-state index in [-0.39, 0.29) is 24.8 Å². The van der Waals surface area contributed by atoms with Gasteiger partial charge in [-0.05, 0) is 12.1 Å². The van der Waals surface area contributed by atoms with Gasteiger partial charge >= 0.3 is 0 Å². The molecular formula is C20H24N4O6S. The van der Waals surface area contributed by atoms with Crippen molar-refractivity contribution in [2.24, 2.45) is 0 Å². The lowest BCUT2D eigenvalue weighted by Gasteiger charge is -2.18. The Bertz CT molecular complexity index is 1170. The fourth-order valence-corrected chi connectivity index (χ4v) is 3.28. The van der Waals surface area contributed by atoms with E-state index in [0.29, 0.717) is 40.4 Å². The average molecular weight is 449 g/mol. The number of sulfonamides is 1. The number of para-hydroxylation sites is 2. The second kappa shape index (κ2) is 9.67. The number of ether oxygens (including phenoxy) is 3. The van der Waals surface area contributed by atoms with Crippen molar-refractivity contribution in [1.82, 2.24) is 9.97 Å². The van der Waals surface area contributed by atoms with Crippen LogP contribution < -0.4 is 24.2 Å². The van der Waals surface area contributed by atoms with Crippen molar-refractivity contribution in [3.63, 3.8) is 0 Å². The molecule has 0 bridgehead atoms. The van der Waals surface area contributed by atoms with Gasteiger partial charge in [-0.3, -0.25) is 4.72 Å². The number of hydrogen-bond acceptors (Lipinski definition) is 9. The molecule has 0 radical (unpaired) electrons. The zero-order valence-corrected chi connectivity index (χ0v) is 18.2. The minimum absolute atomic E-state index is 0.0280. The topological polar surface area (TPSA) is 132 Å². The highest BCUT2D eigenvalue weighted by Gasteiger charge is 2.19. The quantitative estimate of drug-likeness (QED) is 0.400. The Labute approximate surface area is 180 Å². The van der Waals surface area contributed by atoms with E-state index in [4.69, 9.17) is 19.3 Å². The maximum Gasteiger partial charge on any atom is 0.231 e. The summed E-state index contributed by atoms with van der Waals surface area (Å²) < 4.78 is 42.7. The molecular weight excluding hydrogens is 424 g/mol. The van der Waals surface area contributed by atoms with Gasteiger partial charge in [0.25, 0.3) is 0 Å². The predicted octanol–water partition coefficient (Wildman–Crippen LogP) is 2.52. The molecule has 11 heteroatoms. The molecule has 0 saturated heterocycles. The Morgan fingerprint density at radius 3 is 2.29 bits per heavy atom. The molecule has 166 valence electrons. The van der Waals surface area contributed by atoms with Gasteiger partial charge in [0, 0.05) is 25.2 Å². The second-order valence-corrected chi connectivity index (χ2v) is 8.29. The minimum atomic E-state index is -3.61. The lowest BCUT2D eigenvalue weighted by atomic mass is 10.2. The zero-order chi connectivity index (χ0) is 22.4. The summed E-state index contributed by atoms with van der Waals surface area (Å²) in [5.74, 6) is 1.44. The molecule has 3 rings (SSSR count). The summed E-state index contributed by atoms with van der Waals surface area (Å²) in [5, 5.41) is 12.2. The number of aliphatic hydroxyl groups is 1. The number of anilines is 3. The molecule has 3 N–H and O–H groups in total. The Kier molecular flexibility index (Phi) is 6.98. The smallest absolute Gasteiger partial charge is 0.231 e. The first kappa shape index (κ1) is 22.4. The monoisotopic (exact) mass is 448 g/mol. The van der Waals surface area contributed by atoms with E-state index in [0.717, 1.165) is 6.26 Å². The molecule has 3 aromatic rings. The standard InChI is InChI=1S/C20H24N4O6S/c1-28-13-11-16(18(17(12-13)29-2)30-10-6-9-25)23-19-20(24-31(3,26)27)22-15-8-5-4-7-14(15)21-19/h4-5,7-8,11-12,25H,6,9-10H2,1-3H3,(H,21,23)(H,22,24). The molecule has 0 unspecified atom stereocenters. The van der Waals surface area contributed by atoms with Crippen LogP contribution in [0.2, 0.25) is 0 Å². The first-order valence-corrected chi connectivity index (χ1v) is 11.2. The maximum absolute atomic E-state index is 11.9. The fraction of sp³-hybridized carbons (Fsp3) is 0.300. The Morgan fingerprint density at radius 1 is 1.03 bits per heavy atom. The van der Waals surface area contributed by atoms with E-state index in [2.05, 4.69) is 20.0 Å². The van der Waals surface area contributed by atoms with Crippen molar-refractivity contribution < 1.29 is 27.7 Å². The molecule has 0 aliphatic heterocycles. The lowest BCUT2D eigenvalue weighted by molar-refractivity contribution is 0.228. The average Bonchev–Trinajstić information content (AvgIpc) is 2.73. The maximum atomic E-state index is 11.9. The van der Waals surface area contributed by atoms with E-state index in [9.17, 15) is 8.42 Å². The van der Waals surface area contributed by atoms with Crippen molar-refractivity contribution in [1.29, 1.82) is 0 Å². The van der Waals surface area contributed by atoms with Crippen LogP contribution >= 0.6 is 0 Å². The summed E-state index contributed by atoms with van der Waals surface area (Å²) >= 11 is 0. The van der Waals surface area contributed by atoms with E-state index >= 15 is 0 Å². The molecule has 0 aliphatic carbocycles. The highest BCUT2D eigenvalue weighted by atomic mass is 32.2. The number of nitrogens with one attached hydrogen (secondary N) is 2. The third-order valence-electron chi connectivity index (χ3n) is 4.14. The van der Waals surface area contributed by atoms with E-state index in [1.54, 1.807) is 30.3 Å². The highest BCUT2D eigenvalue weighted by molar-refractivity contribution is 7.92. The van der Waals surface area contributed by atoms with Gasteiger partial charge in [-0.25, -0.2) is 18.4 Å². The predicted molar refractivity (Wildman–Crippen MR) is 118 cm³/mol. The molecule has 10 nitrogen and oxygen atoms in total. The SMILES string of the molecule is COc1cc(Nc2nc3ccccc3nc2NS(C)(=O)=O)c(OCCCO)c(OC)c1. The van der Waals surface area contributed by atoms with Gasteiger partial charge in [0.1, 0.15) is 5.75 Å². The fourth-order valence-electron chi connectivity index (χ4n) is 2.79. The first-order chi connectivity index (χ1) is 14.8. The molecule has 1 heterocycles. The summed E-state index contributed by atoms with van der Waals surface area (Å²) in [5.41, 5.74) is 1.53. The van der Waals surface area contributed by atoms with Crippen molar-refractivity contribution in [2.75, 3.05) is 43.7 Å². The number of methoxy groups -OCH3 is 2. The van der Waals surface area contributed by atoms with Crippen molar-refractivity contribution in [3.8, 4) is 17.2 Å². The van der Waals surface area contributed by atoms with Crippen LogP contribution in [0.3, 0.4) is 0 Å². The zero-order valence-electron chi connectivity index (χ0n) is 17.4. The third-order valence-corrected chi connectivity index (χ3v) is 4.70. The van der Waals surface area contributed by atoms with Crippen LogP contribution in [0.5, 0.6) is 17.2 Å². The highest BCUT2D eigenvalue weighted by Crippen LogP contribution is 2.41. The number of aromatic nitrogens is 2. The normalized spacial score (nSPS) is 11.2. The van der Waals surface area contributed by atoms with Crippen LogP contribution in [-0.4, -0.2) is 57.2 Å². The number of aliphatic hydroxyl groups excluding tert-OH is 1. The molecule has 0 saturated carbocycles. The van der Waals surface area contributed by atoms with E-state index in [1.807, 2.05) is 6.07 Å². The van der Waals surface area contributed by atoms with Crippen molar-refractivity contribution in [3.05, 3.63) is 36.4 Å². The minimum Gasteiger partial charge on any atom is -0.497 e. The van der Waals surface area contributed by atoms with Crippen LogP contribution in [0, 0.1) is 0 Å². The van der Waals surface area contributed by atoms with Gasteiger partial charge in [-0.2, -0.15) is 0 Å². The summed E-state index contributed by atoms with van der Waals surface area (Å²) in [7, 11) is -0.614. The van der Waals surface area contributed by atoms with Crippen LogP contribution in [0.25, 0.3) is 11.0 Å².